The second-order valence-corrected chi connectivity index (χ2v) is 8.59. The number of carbonyl (C=O) groups is 3. The quantitative estimate of drug-likeness (QED) is 0.792. The van der Waals surface area contributed by atoms with Crippen molar-refractivity contribution in [1.29, 1.82) is 0 Å². The van der Waals surface area contributed by atoms with E-state index >= 15 is 0 Å². The average Bonchev–Trinajstić information content (AvgIpc) is 2.96. The lowest BCUT2D eigenvalue weighted by Gasteiger charge is -2.38. The van der Waals surface area contributed by atoms with Gasteiger partial charge in [0.05, 0.1) is 0 Å². The third kappa shape index (κ3) is 3.47. The van der Waals surface area contributed by atoms with E-state index in [2.05, 4.69) is 29.3 Å². The van der Waals surface area contributed by atoms with Crippen molar-refractivity contribution < 1.29 is 14.4 Å². The first kappa shape index (κ1) is 19.7. The minimum Gasteiger partial charge on any atom is -0.368 e. The lowest BCUT2D eigenvalue weighted by molar-refractivity contribution is -0.140. The van der Waals surface area contributed by atoms with Crippen molar-refractivity contribution in [2.24, 2.45) is 5.92 Å². The standard InChI is InChI=1S/C22H30N4O3/c1-16-7-3-4-9-18(16)24-11-13-25(14-12-24)19(27)15-26-20(28)22(23-21(26)29)10-6-5-8-17(22)2/h3-4,7,9,17H,5-6,8,10-15H2,1-2H3,(H,23,29). The van der Waals surface area contributed by atoms with Crippen LogP contribution in [0.1, 0.15) is 38.2 Å². The molecule has 1 aromatic carbocycles. The molecule has 3 aliphatic rings. The molecule has 2 aliphatic heterocycles. The van der Waals surface area contributed by atoms with E-state index in [0.29, 0.717) is 19.5 Å². The molecule has 2 atom stereocenters. The maximum absolute atomic E-state index is 13.1. The van der Waals surface area contributed by atoms with E-state index in [1.165, 1.54) is 11.3 Å². The predicted molar refractivity (Wildman–Crippen MR) is 111 cm³/mol. The molecule has 2 saturated heterocycles. The SMILES string of the molecule is Cc1ccccc1N1CCN(C(=O)CN2C(=O)NC3(CCCCC3C)C2=O)CC1. The minimum atomic E-state index is -0.806. The normalized spacial score (nSPS) is 27.5. The number of benzene rings is 1. The molecule has 2 unspecified atom stereocenters. The second-order valence-electron chi connectivity index (χ2n) is 8.59. The summed E-state index contributed by atoms with van der Waals surface area (Å²) < 4.78 is 0. The van der Waals surface area contributed by atoms with Gasteiger partial charge in [-0.25, -0.2) is 4.79 Å². The molecule has 7 heteroatoms. The first-order chi connectivity index (χ1) is 13.9. The number of rotatable bonds is 3. The molecule has 4 rings (SSSR count). The zero-order valence-corrected chi connectivity index (χ0v) is 17.3. The minimum absolute atomic E-state index is 0.102. The van der Waals surface area contributed by atoms with Gasteiger partial charge in [-0.1, -0.05) is 38.0 Å². The van der Waals surface area contributed by atoms with E-state index < -0.39 is 11.6 Å². The maximum Gasteiger partial charge on any atom is 0.325 e. The lowest BCUT2D eigenvalue weighted by Crippen LogP contribution is -2.55. The molecule has 29 heavy (non-hydrogen) atoms. The van der Waals surface area contributed by atoms with Crippen LogP contribution in [0.5, 0.6) is 0 Å². The Balaban J connectivity index is 1.37. The Hall–Kier alpha value is -2.57. The highest BCUT2D eigenvalue weighted by molar-refractivity contribution is 6.09. The molecule has 1 aromatic rings. The van der Waals surface area contributed by atoms with Crippen molar-refractivity contribution in [3.05, 3.63) is 29.8 Å². The van der Waals surface area contributed by atoms with Crippen molar-refractivity contribution >= 4 is 23.5 Å². The number of hydrogen-bond acceptors (Lipinski definition) is 4. The number of anilines is 1. The highest BCUT2D eigenvalue weighted by Gasteiger charge is 2.55. The van der Waals surface area contributed by atoms with Gasteiger partial charge < -0.3 is 15.1 Å². The van der Waals surface area contributed by atoms with Crippen LogP contribution in [-0.4, -0.2) is 65.9 Å². The van der Waals surface area contributed by atoms with E-state index in [0.717, 1.165) is 37.3 Å². The fourth-order valence-electron chi connectivity index (χ4n) is 4.99. The summed E-state index contributed by atoms with van der Waals surface area (Å²) in [6, 6.07) is 7.82. The third-order valence-corrected chi connectivity index (χ3v) is 6.88. The fraction of sp³-hybridized carbons (Fsp3) is 0.591. The van der Waals surface area contributed by atoms with Crippen LogP contribution >= 0.6 is 0 Å². The van der Waals surface area contributed by atoms with E-state index in [-0.39, 0.29) is 24.3 Å². The molecule has 0 bridgehead atoms. The van der Waals surface area contributed by atoms with Crippen molar-refractivity contribution in [2.75, 3.05) is 37.6 Å². The van der Waals surface area contributed by atoms with Crippen molar-refractivity contribution in [3.8, 4) is 0 Å². The maximum atomic E-state index is 13.1. The van der Waals surface area contributed by atoms with Gasteiger partial charge in [0.15, 0.2) is 0 Å². The first-order valence-electron chi connectivity index (χ1n) is 10.6. The number of urea groups is 1. The molecular formula is C22H30N4O3. The Labute approximate surface area is 172 Å². The Morgan fingerprint density at radius 1 is 1.14 bits per heavy atom. The van der Waals surface area contributed by atoms with Crippen LogP contribution in [0.2, 0.25) is 0 Å². The zero-order chi connectivity index (χ0) is 20.6. The third-order valence-electron chi connectivity index (χ3n) is 6.88. The fourth-order valence-corrected chi connectivity index (χ4v) is 4.99. The van der Waals surface area contributed by atoms with E-state index in [9.17, 15) is 14.4 Å². The largest absolute Gasteiger partial charge is 0.368 e. The molecule has 1 N–H and O–H groups in total. The number of carbonyl (C=O) groups excluding carboxylic acids is 3. The number of nitrogens with one attached hydrogen (secondary N) is 1. The summed E-state index contributed by atoms with van der Waals surface area (Å²) in [5.74, 6) is -0.273. The topological polar surface area (TPSA) is 73.0 Å². The molecule has 0 aromatic heterocycles. The van der Waals surface area contributed by atoms with Crippen LogP contribution in [-0.2, 0) is 9.59 Å². The van der Waals surface area contributed by atoms with Gasteiger partial charge in [-0.2, -0.15) is 0 Å². The summed E-state index contributed by atoms with van der Waals surface area (Å²) in [5, 5.41) is 2.92. The molecule has 7 nitrogen and oxygen atoms in total. The molecule has 0 radical (unpaired) electrons. The number of nitrogens with zero attached hydrogens (tertiary/aromatic N) is 3. The highest BCUT2D eigenvalue weighted by atomic mass is 16.2. The van der Waals surface area contributed by atoms with Gasteiger partial charge >= 0.3 is 6.03 Å². The lowest BCUT2D eigenvalue weighted by atomic mass is 9.73. The van der Waals surface area contributed by atoms with Gasteiger partial charge in [0.25, 0.3) is 5.91 Å². The number of imide groups is 1. The summed E-state index contributed by atoms with van der Waals surface area (Å²) >= 11 is 0. The van der Waals surface area contributed by atoms with Gasteiger partial charge in [0.2, 0.25) is 5.91 Å². The van der Waals surface area contributed by atoms with Gasteiger partial charge in [-0.05, 0) is 37.3 Å². The summed E-state index contributed by atoms with van der Waals surface area (Å²) in [5.41, 5.74) is 1.61. The Kier molecular flexibility index (Phi) is 5.23. The number of aryl methyl sites for hydroxylation is 1. The molecular weight excluding hydrogens is 368 g/mol. The van der Waals surface area contributed by atoms with Crippen LogP contribution in [0.15, 0.2) is 24.3 Å². The number of piperazine rings is 1. The second kappa shape index (κ2) is 7.69. The Bertz CT molecular complexity index is 818. The summed E-state index contributed by atoms with van der Waals surface area (Å²) in [4.78, 5) is 43.6. The summed E-state index contributed by atoms with van der Waals surface area (Å²) in [6.45, 7) is 6.63. The number of amides is 4. The van der Waals surface area contributed by atoms with Gasteiger partial charge in [0.1, 0.15) is 12.1 Å². The molecule has 1 spiro atoms. The van der Waals surface area contributed by atoms with Crippen molar-refractivity contribution in [1.82, 2.24) is 15.1 Å². The van der Waals surface area contributed by atoms with Gasteiger partial charge in [-0.3, -0.25) is 14.5 Å². The summed E-state index contributed by atoms with van der Waals surface area (Å²) in [7, 11) is 0. The van der Waals surface area contributed by atoms with Gasteiger partial charge in [0, 0.05) is 31.9 Å². The Morgan fingerprint density at radius 3 is 2.55 bits per heavy atom. The van der Waals surface area contributed by atoms with E-state index in [4.69, 9.17) is 0 Å². The van der Waals surface area contributed by atoms with E-state index in [1.54, 1.807) is 4.90 Å². The van der Waals surface area contributed by atoms with Crippen LogP contribution in [0.25, 0.3) is 0 Å². The molecule has 3 fully saturated rings. The van der Waals surface area contributed by atoms with Crippen LogP contribution in [0.4, 0.5) is 10.5 Å². The van der Waals surface area contributed by atoms with Crippen LogP contribution in [0, 0.1) is 12.8 Å². The number of para-hydroxylation sites is 1. The Morgan fingerprint density at radius 2 is 1.86 bits per heavy atom. The predicted octanol–water partition coefficient (Wildman–Crippen LogP) is 2.14. The molecule has 4 amide bonds. The average molecular weight is 399 g/mol. The number of hydrogen-bond donors (Lipinski definition) is 1. The molecule has 156 valence electrons. The highest BCUT2D eigenvalue weighted by Crippen LogP contribution is 2.38. The monoisotopic (exact) mass is 398 g/mol. The van der Waals surface area contributed by atoms with Crippen molar-refractivity contribution in [3.63, 3.8) is 0 Å². The van der Waals surface area contributed by atoms with Gasteiger partial charge in [-0.15, -0.1) is 0 Å². The molecule has 2 heterocycles. The molecule has 1 aliphatic carbocycles. The molecule has 1 saturated carbocycles. The smallest absolute Gasteiger partial charge is 0.325 e. The van der Waals surface area contributed by atoms with Crippen LogP contribution in [0.3, 0.4) is 0 Å². The summed E-state index contributed by atoms with van der Waals surface area (Å²) in [6.07, 6.45) is 3.60. The van der Waals surface area contributed by atoms with Crippen LogP contribution < -0.4 is 10.2 Å². The zero-order valence-electron chi connectivity index (χ0n) is 17.3. The first-order valence-corrected chi connectivity index (χ1v) is 10.6. The van der Waals surface area contributed by atoms with Crippen molar-refractivity contribution in [2.45, 2.75) is 45.1 Å². The van der Waals surface area contributed by atoms with E-state index in [1.807, 2.05) is 19.1 Å².